The average Bonchev–Trinajstić information content (AvgIpc) is 2.86. The van der Waals surface area contributed by atoms with Crippen molar-refractivity contribution in [1.82, 2.24) is 9.97 Å². The molecule has 0 unspecified atom stereocenters. The molecule has 0 radical (unpaired) electrons. The van der Waals surface area contributed by atoms with Crippen molar-refractivity contribution in [2.75, 3.05) is 0 Å². The summed E-state index contributed by atoms with van der Waals surface area (Å²) in [4.78, 5) is 8.77. The van der Waals surface area contributed by atoms with Crippen LogP contribution in [-0.4, -0.2) is 9.97 Å². The molecule has 0 fully saturated rings. The van der Waals surface area contributed by atoms with Gasteiger partial charge < -0.3 is 8.83 Å². The summed E-state index contributed by atoms with van der Waals surface area (Å²) in [5.41, 5.74) is 1.00. The zero-order valence-electron chi connectivity index (χ0n) is 12.4. The Morgan fingerprint density at radius 2 is 1.79 bits per heavy atom. The minimum absolute atomic E-state index is 0.215. The van der Waals surface area contributed by atoms with Crippen LogP contribution in [0, 0.1) is 5.41 Å². The lowest BCUT2D eigenvalue weighted by molar-refractivity contribution is 0.338. The Kier molecular flexibility index (Phi) is 3.52. The second-order valence-electron chi connectivity index (χ2n) is 6.87. The lowest BCUT2D eigenvalue weighted by Crippen LogP contribution is -2.21. The van der Waals surface area contributed by atoms with Crippen LogP contribution in [0.2, 0.25) is 0 Å². The summed E-state index contributed by atoms with van der Waals surface area (Å²) in [7, 11) is 0. The number of nitrogens with zero attached hydrogens (tertiary/aromatic N) is 2. The first kappa shape index (κ1) is 13.8. The van der Waals surface area contributed by atoms with Crippen LogP contribution in [0.3, 0.4) is 0 Å². The van der Waals surface area contributed by atoms with Crippen LogP contribution in [0.5, 0.6) is 0 Å². The van der Waals surface area contributed by atoms with Gasteiger partial charge in [0.05, 0.1) is 11.9 Å². The average molecular weight is 262 g/mol. The Morgan fingerprint density at radius 3 is 2.37 bits per heavy atom. The van der Waals surface area contributed by atoms with Crippen molar-refractivity contribution in [3.05, 3.63) is 36.2 Å². The summed E-state index contributed by atoms with van der Waals surface area (Å²) < 4.78 is 10.9. The summed E-state index contributed by atoms with van der Waals surface area (Å²) in [6.07, 6.45) is 6.61. The topological polar surface area (TPSA) is 52.1 Å². The van der Waals surface area contributed by atoms with Crippen LogP contribution >= 0.6 is 0 Å². The number of hydrogen-bond acceptors (Lipinski definition) is 4. The van der Waals surface area contributed by atoms with E-state index in [0.717, 1.165) is 18.0 Å². The van der Waals surface area contributed by atoms with Gasteiger partial charge in [-0.05, 0) is 11.8 Å². The van der Waals surface area contributed by atoms with E-state index in [2.05, 4.69) is 44.6 Å². The predicted molar refractivity (Wildman–Crippen MR) is 72.9 cm³/mol. The van der Waals surface area contributed by atoms with Crippen LogP contribution in [0.4, 0.5) is 0 Å². The van der Waals surface area contributed by atoms with Crippen molar-refractivity contribution in [2.24, 2.45) is 5.41 Å². The maximum absolute atomic E-state index is 5.56. The Balaban J connectivity index is 2.08. The summed E-state index contributed by atoms with van der Waals surface area (Å²) in [5.74, 6) is 1.45. The number of aromatic nitrogens is 2. The minimum Gasteiger partial charge on any atom is -0.449 e. The quantitative estimate of drug-likeness (QED) is 0.841. The highest BCUT2D eigenvalue weighted by Gasteiger charge is 2.28. The van der Waals surface area contributed by atoms with Crippen molar-refractivity contribution >= 4 is 0 Å². The lowest BCUT2D eigenvalue weighted by Gasteiger charge is -2.18. The fourth-order valence-electron chi connectivity index (χ4n) is 2.07. The molecule has 0 bridgehead atoms. The van der Waals surface area contributed by atoms with E-state index in [1.54, 1.807) is 18.7 Å². The van der Waals surface area contributed by atoms with Gasteiger partial charge in [0.1, 0.15) is 12.5 Å². The van der Waals surface area contributed by atoms with Gasteiger partial charge in [0, 0.05) is 11.8 Å². The van der Waals surface area contributed by atoms with Crippen molar-refractivity contribution in [1.29, 1.82) is 0 Å². The van der Waals surface area contributed by atoms with Crippen molar-refractivity contribution in [3.63, 3.8) is 0 Å². The van der Waals surface area contributed by atoms with Crippen LogP contribution in [0.25, 0.3) is 0 Å². The molecule has 0 aromatic carbocycles. The Bertz CT molecular complexity index is 519. The molecular formula is C15H22N2O2. The molecule has 2 aromatic heterocycles. The second kappa shape index (κ2) is 4.83. The van der Waals surface area contributed by atoms with Crippen LogP contribution in [0.15, 0.2) is 27.6 Å². The van der Waals surface area contributed by atoms with Gasteiger partial charge in [-0.3, -0.25) is 0 Å². The summed E-state index contributed by atoms with van der Waals surface area (Å²) in [5, 5.41) is 0. The molecule has 104 valence electrons. The molecular weight excluding hydrogens is 240 g/mol. The molecule has 2 aromatic rings. The van der Waals surface area contributed by atoms with Gasteiger partial charge in [0.15, 0.2) is 11.8 Å². The molecule has 2 heterocycles. The zero-order chi connectivity index (χ0) is 14.1. The molecule has 0 saturated heterocycles. The highest BCUT2D eigenvalue weighted by Crippen LogP contribution is 2.27. The third kappa shape index (κ3) is 3.69. The molecule has 0 amide bonds. The molecule has 0 saturated carbocycles. The maximum atomic E-state index is 5.56. The molecule has 0 aliphatic rings. The fraction of sp³-hybridized carbons (Fsp3) is 0.600. The van der Waals surface area contributed by atoms with Gasteiger partial charge >= 0.3 is 0 Å². The number of hydrogen-bond donors (Lipinski definition) is 0. The van der Waals surface area contributed by atoms with Gasteiger partial charge in [-0.2, -0.15) is 0 Å². The Hall–Kier alpha value is -1.58. The fourth-order valence-corrected chi connectivity index (χ4v) is 2.07. The van der Waals surface area contributed by atoms with Crippen molar-refractivity contribution in [2.45, 2.75) is 52.9 Å². The lowest BCUT2D eigenvalue weighted by atomic mass is 9.89. The van der Waals surface area contributed by atoms with Crippen molar-refractivity contribution < 1.29 is 8.83 Å². The van der Waals surface area contributed by atoms with E-state index in [4.69, 9.17) is 8.83 Å². The van der Waals surface area contributed by atoms with E-state index < -0.39 is 0 Å². The van der Waals surface area contributed by atoms with Gasteiger partial charge in [-0.1, -0.05) is 34.6 Å². The molecule has 2 rings (SSSR count). The van der Waals surface area contributed by atoms with Crippen LogP contribution in [-0.2, 0) is 18.3 Å². The Morgan fingerprint density at radius 1 is 1.05 bits per heavy atom. The van der Waals surface area contributed by atoms with E-state index in [-0.39, 0.29) is 10.8 Å². The van der Waals surface area contributed by atoms with Gasteiger partial charge in [0.25, 0.3) is 0 Å². The highest BCUT2D eigenvalue weighted by atomic mass is 16.3. The van der Waals surface area contributed by atoms with E-state index in [9.17, 15) is 0 Å². The smallest absolute Gasteiger partial charge is 0.200 e. The zero-order valence-corrected chi connectivity index (χ0v) is 12.4. The summed E-state index contributed by atoms with van der Waals surface area (Å²) >= 11 is 0. The van der Waals surface area contributed by atoms with E-state index in [1.165, 1.54) is 0 Å². The highest BCUT2D eigenvalue weighted by molar-refractivity contribution is 5.07. The first-order chi connectivity index (χ1) is 8.76. The molecule has 19 heavy (non-hydrogen) atoms. The first-order valence-corrected chi connectivity index (χ1v) is 6.59. The van der Waals surface area contributed by atoms with E-state index in [1.807, 2.05) is 0 Å². The van der Waals surface area contributed by atoms with Gasteiger partial charge in [-0.25, -0.2) is 9.97 Å². The predicted octanol–water partition coefficient (Wildman–Crippen LogP) is 3.77. The second-order valence-corrected chi connectivity index (χ2v) is 6.87. The van der Waals surface area contributed by atoms with E-state index in [0.29, 0.717) is 12.3 Å². The molecule has 0 aliphatic heterocycles. The largest absolute Gasteiger partial charge is 0.449 e. The molecule has 0 spiro atoms. The standard InChI is InChI=1S/C15H22N2O2/c1-14(2,3)8-11-10-19-12(17-11)9-15(4,5)13-16-6-7-18-13/h6-7,10H,8-9H2,1-5H3. The molecule has 4 heteroatoms. The van der Waals surface area contributed by atoms with Gasteiger partial charge in [-0.15, -0.1) is 0 Å². The molecule has 4 nitrogen and oxygen atoms in total. The summed E-state index contributed by atoms with van der Waals surface area (Å²) in [6.45, 7) is 10.7. The van der Waals surface area contributed by atoms with Crippen LogP contribution in [0.1, 0.15) is 52.1 Å². The third-order valence-electron chi connectivity index (χ3n) is 2.92. The van der Waals surface area contributed by atoms with Gasteiger partial charge in [0.2, 0.25) is 0 Å². The minimum atomic E-state index is -0.215. The molecule has 0 atom stereocenters. The number of rotatable bonds is 4. The van der Waals surface area contributed by atoms with Crippen LogP contribution < -0.4 is 0 Å². The normalized spacial score (nSPS) is 12.9. The molecule has 0 N–H and O–H groups in total. The third-order valence-corrected chi connectivity index (χ3v) is 2.92. The maximum Gasteiger partial charge on any atom is 0.200 e. The number of oxazole rings is 2. The van der Waals surface area contributed by atoms with E-state index >= 15 is 0 Å². The Labute approximate surface area is 114 Å². The first-order valence-electron chi connectivity index (χ1n) is 6.59. The SMILES string of the molecule is CC(C)(C)Cc1coc(CC(C)(C)c2ncco2)n1. The monoisotopic (exact) mass is 262 g/mol. The summed E-state index contributed by atoms with van der Waals surface area (Å²) in [6, 6.07) is 0. The molecule has 0 aliphatic carbocycles. The van der Waals surface area contributed by atoms with Crippen molar-refractivity contribution in [3.8, 4) is 0 Å².